The van der Waals surface area contributed by atoms with Crippen LogP contribution in [0.25, 0.3) is 78.0 Å². The van der Waals surface area contributed by atoms with Gasteiger partial charge < -0.3 is 4.57 Å². The molecule has 12 rings (SSSR count). The smallest absolute Gasteiger partial charge is 0.238 e. The van der Waals surface area contributed by atoms with Crippen LogP contribution >= 0.6 is 0 Å². The molecule has 63 heavy (non-hydrogen) atoms. The van der Waals surface area contributed by atoms with Gasteiger partial charge in [-0.15, -0.1) is 0 Å². The van der Waals surface area contributed by atoms with Crippen LogP contribution in [0.5, 0.6) is 0 Å². The topological polar surface area (TPSA) is 48.5 Å². The van der Waals surface area contributed by atoms with E-state index in [1.165, 1.54) is 47.9 Å². The van der Waals surface area contributed by atoms with Crippen molar-refractivity contribution in [2.75, 3.05) is 0 Å². The van der Waals surface area contributed by atoms with Crippen molar-refractivity contribution in [3.8, 4) is 34.4 Å². The van der Waals surface area contributed by atoms with Crippen LogP contribution in [-0.4, -0.2) is 32.2 Å². The lowest BCUT2D eigenvalue weighted by atomic mass is 10.1. The quantitative estimate of drug-likeness (QED) is 0.113. The van der Waals surface area contributed by atoms with Gasteiger partial charge in [0.15, 0.2) is 19.7 Å². The Morgan fingerprint density at radius 2 is 0.683 bits per heavy atom. The molecular formula is C57H39N5Si. The van der Waals surface area contributed by atoms with Crippen LogP contribution in [-0.2, 0) is 0 Å². The van der Waals surface area contributed by atoms with Gasteiger partial charge in [-0.05, 0) is 57.1 Å². The second-order valence-corrected chi connectivity index (χ2v) is 19.7. The molecule has 0 fully saturated rings. The van der Waals surface area contributed by atoms with Crippen molar-refractivity contribution < 1.29 is 0 Å². The van der Waals surface area contributed by atoms with Gasteiger partial charge in [0, 0.05) is 38.4 Å². The molecule has 0 radical (unpaired) electrons. The number of hydrogen-bond donors (Lipinski definition) is 0. The summed E-state index contributed by atoms with van der Waals surface area (Å²) in [5, 5.41) is 10.1. The fourth-order valence-electron chi connectivity index (χ4n) is 9.94. The number of hydrogen-bond acceptors (Lipinski definition) is 3. The number of nitrogens with zero attached hydrogens (tertiary/aromatic N) is 5. The third kappa shape index (κ3) is 5.80. The van der Waals surface area contributed by atoms with E-state index in [1.54, 1.807) is 0 Å². The van der Waals surface area contributed by atoms with Gasteiger partial charge >= 0.3 is 0 Å². The van der Waals surface area contributed by atoms with E-state index < -0.39 is 8.07 Å². The van der Waals surface area contributed by atoms with E-state index in [-0.39, 0.29) is 0 Å². The minimum Gasteiger partial charge on any atom is -0.309 e. The fourth-order valence-corrected chi connectivity index (χ4v) is 15.2. The Morgan fingerprint density at radius 3 is 1.17 bits per heavy atom. The molecule has 5 nitrogen and oxygen atoms in total. The van der Waals surface area contributed by atoms with Crippen LogP contribution in [0.1, 0.15) is 0 Å². The normalized spacial score (nSPS) is 11.8. The van der Waals surface area contributed by atoms with Gasteiger partial charge in [-0.25, -0.2) is 4.98 Å². The first kappa shape index (κ1) is 36.6. The number of aromatic nitrogens is 5. The molecule has 0 saturated carbocycles. The van der Waals surface area contributed by atoms with Gasteiger partial charge in [-0.2, -0.15) is 9.97 Å². The van der Waals surface area contributed by atoms with Crippen molar-refractivity contribution >= 4 is 72.4 Å². The molecule has 9 aromatic carbocycles. The molecule has 0 bridgehead atoms. The molecule has 0 spiro atoms. The maximum absolute atomic E-state index is 5.29. The maximum Gasteiger partial charge on any atom is 0.238 e. The van der Waals surface area contributed by atoms with Crippen LogP contribution in [0.4, 0.5) is 0 Å². The van der Waals surface area contributed by atoms with Crippen LogP contribution < -0.4 is 20.7 Å². The molecule has 0 amide bonds. The van der Waals surface area contributed by atoms with E-state index in [1.807, 2.05) is 36.4 Å². The van der Waals surface area contributed by atoms with E-state index in [2.05, 4.69) is 209 Å². The summed E-state index contributed by atoms with van der Waals surface area (Å²) in [5.74, 6) is 1.83. The third-order valence-electron chi connectivity index (χ3n) is 12.5. The SMILES string of the molecule is c1ccc(-c2nc(-c3ccccc3)nc(-n3c4ccccc4c4c([Si](c5ccccc5)(c5ccccc5)c5cccc6c5c5ccccc5n6-c5ccccc5)cccc43)n2)cc1. The minimum absolute atomic E-state index is 0.575. The predicted octanol–water partition coefficient (Wildman–Crippen LogP) is 10.8. The average Bonchev–Trinajstić information content (AvgIpc) is 3.89. The van der Waals surface area contributed by atoms with Crippen LogP contribution in [0, 0.1) is 0 Å². The Morgan fingerprint density at radius 1 is 0.302 bits per heavy atom. The highest BCUT2D eigenvalue weighted by atomic mass is 28.3. The molecule has 0 aliphatic heterocycles. The molecule has 3 aromatic heterocycles. The van der Waals surface area contributed by atoms with Crippen molar-refractivity contribution in [1.82, 2.24) is 24.1 Å². The average molecular weight is 822 g/mol. The highest BCUT2D eigenvalue weighted by Crippen LogP contribution is 2.36. The lowest BCUT2D eigenvalue weighted by molar-refractivity contribution is 0.953. The summed E-state index contributed by atoms with van der Waals surface area (Å²) >= 11 is 0. The lowest BCUT2D eigenvalue weighted by Gasteiger charge is -2.35. The number of fused-ring (bicyclic) bond motifs is 6. The van der Waals surface area contributed by atoms with Crippen molar-refractivity contribution in [2.45, 2.75) is 0 Å². The summed E-state index contributed by atoms with van der Waals surface area (Å²) in [5.41, 5.74) is 7.45. The molecule has 0 atom stereocenters. The molecule has 0 aliphatic rings. The van der Waals surface area contributed by atoms with Gasteiger partial charge in [0.25, 0.3) is 0 Å². The molecule has 0 saturated heterocycles. The summed E-state index contributed by atoms with van der Waals surface area (Å²) in [4.78, 5) is 15.7. The van der Waals surface area contributed by atoms with Gasteiger partial charge in [0.05, 0.1) is 22.1 Å². The highest BCUT2D eigenvalue weighted by Gasteiger charge is 2.45. The zero-order valence-corrected chi connectivity index (χ0v) is 35.3. The Kier molecular flexibility index (Phi) is 8.76. The third-order valence-corrected chi connectivity index (χ3v) is 17.4. The molecule has 0 aliphatic carbocycles. The first-order valence-corrected chi connectivity index (χ1v) is 23.4. The zero-order chi connectivity index (χ0) is 41.7. The van der Waals surface area contributed by atoms with E-state index in [0.717, 1.165) is 33.2 Å². The molecule has 12 aromatic rings. The molecule has 296 valence electrons. The van der Waals surface area contributed by atoms with Crippen LogP contribution in [0.15, 0.2) is 237 Å². The van der Waals surface area contributed by atoms with Crippen molar-refractivity contribution in [3.05, 3.63) is 237 Å². The van der Waals surface area contributed by atoms with Crippen molar-refractivity contribution in [3.63, 3.8) is 0 Å². The Hall–Kier alpha value is -8.19. The van der Waals surface area contributed by atoms with Crippen molar-refractivity contribution in [1.29, 1.82) is 0 Å². The number of rotatable bonds is 8. The Labute approximate surface area is 365 Å². The van der Waals surface area contributed by atoms with Crippen LogP contribution in [0.3, 0.4) is 0 Å². The van der Waals surface area contributed by atoms with Gasteiger partial charge in [0.1, 0.15) is 0 Å². The maximum atomic E-state index is 5.29. The largest absolute Gasteiger partial charge is 0.309 e. The summed E-state index contributed by atoms with van der Waals surface area (Å²) in [6, 6.07) is 85.2. The van der Waals surface area contributed by atoms with E-state index >= 15 is 0 Å². The number of benzene rings is 9. The van der Waals surface area contributed by atoms with Crippen LogP contribution in [0.2, 0.25) is 0 Å². The summed E-state index contributed by atoms with van der Waals surface area (Å²) in [6.07, 6.45) is 0. The summed E-state index contributed by atoms with van der Waals surface area (Å²) in [6.45, 7) is 0. The first-order valence-electron chi connectivity index (χ1n) is 21.4. The molecule has 6 heteroatoms. The monoisotopic (exact) mass is 821 g/mol. The zero-order valence-electron chi connectivity index (χ0n) is 34.3. The van der Waals surface area contributed by atoms with Gasteiger partial charge in [-0.3, -0.25) is 4.57 Å². The molecule has 0 N–H and O–H groups in total. The fraction of sp³-hybridized carbons (Fsp3) is 0. The van der Waals surface area contributed by atoms with E-state index in [0.29, 0.717) is 17.6 Å². The van der Waals surface area contributed by atoms with Crippen molar-refractivity contribution in [2.24, 2.45) is 0 Å². The predicted molar refractivity (Wildman–Crippen MR) is 263 cm³/mol. The van der Waals surface area contributed by atoms with Gasteiger partial charge in [-0.1, -0.05) is 200 Å². The second kappa shape index (κ2) is 15.1. The Bertz CT molecular complexity index is 3510. The number of para-hydroxylation sites is 3. The van der Waals surface area contributed by atoms with Gasteiger partial charge in [0.2, 0.25) is 5.95 Å². The molecule has 3 heterocycles. The minimum atomic E-state index is -3.25. The second-order valence-electron chi connectivity index (χ2n) is 15.9. The highest BCUT2D eigenvalue weighted by molar-refractivity contribution is 7.21. The summed E-state index contributed by atoms with van der Waals surface area (Å²) in [7, 11) is -3.25. The standard InChI is InChI=1S/C57H39N5Si/c1-6-22-40(23-7-1)55-58-56(41-24-8-2-9-25-41)60-57(59-55)62-48-35-19-17-33-46(48)54-50(62)37-21-39-52(54)63(43-28-12-4-13-29-43,44-30-14-5-15-31-44)51-38-20-36-49-53(51)45-32-16-18-34-47(45)61(49)42-26-10-3-11-27-42/h1-39H. The molecule has 0 unspecified atom stereocenters. The lowest BCUT2D eigenvalue weighted by Crippen LogP contribution is -2.75. The Balaban J connectivity index is 1.24. The van der Waals surface area contributed by atoms with E-state index in [4.69, 9.17) is 15.0 Å². The molecular weight excluding hydrogens is 783 g/mol. The first-order chi connectivity index (χ1) is 31.3. The summed E-state index contributed by atoms with van der Waals surface area (Å²) < 4.78 is 4.69. The van der Waals surface area contributed by atoms with E-state index in [9.17, 15) is 0 Å².